The third-order valence-electron chi connectivity index (χ3n) is 4.74. The van der Waals surface area contributed by atoms with Gasteiger partial charge < -0.3 is 14.2 Å². The lowest BCUT2D eigenvalue weighted by Gasteiger charge is -2.30. The number of hydrogen-bond acceptors (Lipinski definition) is 6. The summed E-state index contributed by atoms with van der Waals surface area (Å²) in [5.41, 5.74) is 0.372. The zero-order valence-corrected chi connectivity index (χ0v) is 16.7. The fourth-order valence-electron chi connectivity index (χ4n) is 3.16. The van der Waals surface area contributed by atoms with Gasteiger partial charge in [-0.2, -0.15) is 0 Å². The molecule has 2 heterocycles. The Kier molecular flexibility index (Phi) is 6.66. The molecule has 0 radical (unpaired) electrons. The first-order valence-electron chi connectivity index (χ1n) is 9.22. The van der Waals surface area contributed by atoms with Crippen LogP contribution < -0.4 is 0 Å². The number of halogens is 1. The Morgan fingerprint density at radius 2 is 1.96 bits per heavy atom. The summed E-state index contributed by atoms with van der Waals surface area (Å²) in [4.78, 5) is 26.0. The highest BCUT2D eigenvalue weighted by Crippen LogP contribution is 2.25. The maximum absolute atomic E-state index is 14.0. The molecule has 1 amide bonds. The number of likely N-dealkylation sites (tertiary alicyclic amines) is 1. The lowest BCUT2D eigenvalue weighted by molar-refractivity contribution is -0.151. The van der Waals surface area contributed by atoms with E-state index in [1.807, 2.05) is 0 Å². The summed E-state index contributed by atoms with van der Waals surface area (Å²) in [6, 6.07) is 6.38. The molecule has 2 aromatic rings. The van der Waals surface area contributed by atoms with Crippen molar-refractivity contribution >= 4 is 23.6 Å². The SMILES string of the molecule is CCOC(=O)C1CCN(C(=O)CSc2nnc(-c3ccccc3F)n2C)CC1. The standard InChI is InChI=1S/C19H23FN4O3S/c1-3-27-18(26)13-8-10-24(11-9-13)16(25)12-28-19-22-21-17(23(19)2)14-6-4-5-7-15(14)20/h4-7,13H,3,8-12H2,1-2H3. The van der Waals surface area contributed by atoms with Crippen molar-refractivity contribution in [3.63, 3.8) is 0 Å². The van der Waals surface area contributed by atoms with Crippen molar-refractivity contribution in [2.45, 2.75) is 24.9 Å². The Morgan fingerprint density at radius 3 is 2.64 bits per heavy atom. The number of amides is 1. The van der Waals surface area contributed by atoms with Crippen LogP contribution in [0.4, 0.5) is 4.39 Å². The molecular formula is C19H23FN4O3S. The van der Waals surface area contributed by atoms with Gasteiger partial charge in [0, 0.05) is 20.1 Å². The minimum Gasteiger partial charge on any atom is -0.466 e. The lowest BCUT2D eigenvalue weighted by Crippen LogP contribution is -2.41. The van der Waals surface area contributed by atoms with Crippen LogP contribution in [-0.2, 0) is 21.4 Å². The van der Waals surface area contributed by atoms with Crippen LogP contribution in [0.5, 0.6) is 0 Å². The molecule has 1 aliphatic heterocycles. The second kappa shape index (κ2) is 9.18. The van der Waals surface area contributed by atoms with Crippen LogP contribution in [-0.4, -0.2) is 57.0 Å². The molecule has 1 aliphatic rings. The van der Waals surface area contributed by atoms with Crippen molar-refractivity contribution < 1.29 is 18.7 Å². The van der Waals surface area contributed by atoms with Gasteiger partial charge in [-0.15, -0.1) is 10.2 Å². The number of aromatic nitrogens is 3. The number of esters is 1. The van der Waals surface area contributed by atoms with Crippen LogP contribution in [0.15, 0.2) is 29.4 Å². The topological polar surface area (TPSA) is 77.3 Å². The van der Waals surface area contributed by atoms with Crippen LogP contribution in [0, 0.1) is 11.7 Å². The molecule has 150 valence electrons. The summed E-state index contributed by atoms with van der Waals surface area (Å²) in [7, 11) is 1.75. The maximum atomic E-state index is 14.0. The highest BCUT2D eigenvalue weighted by Gasteiger charge is 2.28. The summed E-state index contributed by atoms with van der Waals surface area (Å²) in [6.45, 7) is 3.25. The van der Waals surface area contributed by atoms with Gasteiger partial charge in [0.15, 0.2) is 11.0 Å². The van der Waals surface area contributed by atoms with Gasteiger partial charge in [0.05, 0.1) is 23.8 Å². The molecule has 7 nitrogen and oxygen atoms in total. The molecule has 0 spiro atoms. The third-order valence-corrected chi connectivity index (χ3v) is 5.75. The van der Waals surface area contributed by atoms with Gasteiger partial charge in [-0.25, -0.2) is 4.39 Å². The van der Waals surface area contributed by atoms with E-state index in [0.29, 0.717) is 49.1 Å². The van der Waals surface area contributed by atoms with E-state index in [2.05, 4.69) is 10.2 Å². The second-order valence-corrected chi connectivity index (χ2v) is 7.48. The van der Waals surface area contributed by atoms with E-state index in [0.717, 1.165) is 0 Å². The summed E-state index contributed by atoms with van der Waals surface area (Å²) < 4.78 is 20.7. The van der Waals surface area contributed by atoms with Crippen molar-refractivity contribution in [3.05, 3.63) is 30.1 Å². The van der Waals surface area contributed by atoms with Crippen LogP contribution in [0.2, 0.25) is 0 Å². The first kappa shape index (κ1) is 20.3. The second-order valence-electron chi connectivity index (χ2n) is 6.54. The van der Waals surface area contributed by atoms with E-state index < -0.39 is 0 Å². The van der Waals surface area contributed by atoms with Gasteiger partial charge in [-0.05, 0) is 31.9 Å². The number of thioether (sulfide) groups is 1. The van der Waals surface area contributed by atoms with Crippen LogP contribution in [0.1, 0.15) is 19.8 Å². The minimum absolute atomic E-state index is 0.0113. The molecule has 0 unspecified atom stereocenters. The smallest absolute Gasteiger partial charge is 0.309 e. The molecule has 1 saturated heterocycles. The average Bonchev–Trinajstić information content (AvgIpc) is 3.07. The average molecular weight is 406 g/mol. The number of piperidine rings is 1. The van der Waals surface area contributed by atoms with E-state index >= 15 is 0 Å². The number of carbonyl (C=O) groups excluding carboxylic acids is 2. The monoisotopic (exact) mass is 406 g/mol. The molecular weight excluding hydrogens is 383 g/mol. The molecule has 0 N–H and O–H groups in total. The molecule has 0 atom stereocenters. The zero-order chi connectivity index (χ0) is 20.1. The molecule has 0 saturated carbocycles. The number of nitrogens with zero attached hydrogens (tertiary/aromatic N) is 4. The maximum Gasteiger partial charge on any atom is 0.309 e. The Morgan fingerprint density at radius 1 is 1.25 bits per heavy atom. The van der Waals surface area contributed by atoms with E-state index in [9.17, 15) is 14.0 Å². The summed E-state index contributed by atoms with van der Waals surface area (Å²) in [5, 5.41) is 8.69. The van der Waals surface area contributed by atoms with Crippen molar-refractivity contribution in [3.8, 4) is 11.4 Å². The van der Waals surface area contributed by atoms with Gasteiger partial charge in [-0.3, -0.25) is 9.59 Å². The fourth-order valence-corrected chi connectivity index (χ4v) is 3.97. The quantitative estimate of drug-likeness (QED) is 0.542. The lowest BCUT2D eigenvalue weighted by atomic mass is 9.97. The number of hydrogen-bond donors (Lipinski definition) is 0. The number of carbonyl (C=O) groups is 2. The Balaban J connectivity index is 1.55. The van der Waals surface area contributed by atoms with Crippen molar-refractivity contribution in [2.75, 3.05) is 25.4 Å². The number of rotatable bonds is 6. The highest BCUT2D eigenvalue weighted by molar-refractivity contribution is 7.99. The van der Waals surface area contributed by atoms with Gasteiger partial charge in [-0.1, -0.05) is 23.9 Å². The summed E-state index contributed by atoms with van der Waals surface area (Å²) in [6.07, 6.45) is 1.24. The molecule has 1 fully saturated rings. The molecule has 0 bridgehead atoms. The normalized spacial score (nSPS) is 14.9. The Bertz CT molecular complexity index is 849. The Labute approximate surface area is 167 Å². The molecule has 1 aromatic heterocycles. The molecule has 0 aliphatic carbocycles. The van der Waals surface area contributed by atoms with Gasteiger partial charge in [0.2, 0.25) is 5.91 Å². The highest BCUT2D eigenvalue weighted by atomic mass is 32.2. The van der Waals surface area contributed by atoms with Crippen molar-refractivity contribution in [1.29, 1.82) is 0 Å². The van der Waals surface area contributed by atoms with Crippen molar-refractivity contribution in [2.24, 2.45) is 13.0 Å². The fraction of sp³-hybridized carbons (Fsp3) is 0.474. The molecule has 1 aromatic carbocycles. The van der Waals surface area contributed by atoms with Crippen LogP contribution >= 0.6 is 11.8 Å². The first-order valence-corrected chi connectivity index (χ1v) is 10.2. The predicted octanol–water partition coefficient (Wildman–Crippen LogP) is 2.52. The van der Waals surface area contributed by atoms with Crippen LogP contribution in [0.25, 0.3) is 11.4 Å². The zero-order valence-electron chi connectivity index (χ0n) is 15.9. The third kappa shape index (κ3) is 4.52. The predicted molar refractivity (Wildman–Crippen MR) is 103 cm³/mol. The van der Waals surface area contributed by atoms with E-state index in [1.54, 1.807) is 41.6 Å². The van der Waals surface area contributed by atoms with Crippen LogP contribution in [0.3, 0.4) is 0 Å². The molecule has 28 heavy (non-hydrogen) atoms. The van der Waals surface area contributed by atoms with E-state index in [1.165, 1.54) is 17.8 Å². The number of benzene rings is 1. The van der Waals surface area contributed by atoms with Gasteiger partial charge in [0.1, 0.15) is 5.82 Å². The summed E-state index contributed by atoms with van der Waals surface area (Å²) >= 11 is 1.27. The first-order chi connectivity index (χ1) is 13.5. The Hall–Kier alpha value is -2.42. The molecule has 3 rings (SSSR count). The van der Waals surface area contributed by atoms with E-state index in [4.69, 9.17) is 4.74 Å². The van der Waals surface area contributed by atoms with Gasteiger partial charge in [0.25, 0.3) is 0 Å². The van der Waals surface area contributed by atoms with Crippen molar-refractivity contribution in [1.82, 2.24) is 19.7 Å². The van der Waals surface area contributed by atoms with Gasteiger partial charge >= 0.3 is 5.97 Å². The largest absolute Gasteiger partial charge is 0.466 e. The number of ether oxygens (including phenoxy) is 1. The summed E-state index contributed by atoms with van der Waals surface area (Å²) in [5.74, 6) is -0.0450. The van der Waals surface area contributed by atoms with E-state index in [-0.39, 0.29) is 29.4 Å². The minimum atomic E-state index is -0.366. The molecule has 9 heteroatoms.